The number of hydrogen-bond acceptors (Lipinski definition) is 3. The van der Waals surface area contributed by atoms with Crippen LogP contribution in [0.4, 0.5) is 0 Å². The summed E-state index contributed by atoms with van der Waals surface area (Å²) in [5.74, 6) is 0.122. The van der Waals surface area contributed by atoms with Gasteiger partial charge in [0.15, 0.2) is 5.78 Å². The Bertz CT molecular complexity index is 509. The van der Waals surface area contributed by atoms with Gasteiger partial charge in [0.2, 0.25) is 0 Å². The first-order valence-corrected chi connectivity index (χ1v) is 5.66. The van der Waals surface area contributed by atoms with Crippen molar-refractivity contribution in [3.05, 3.63) is 59.7 Å². The van der Waals surface area contributed by atoms with E-state index in [0.29, 0.717) is 6.42 Å². The maximum Gasteiger partial charge on any atom is 0.167 e. The molecule has 0 atom stereocenters. The predicted molar refractivity (Wildman–Crippen MR) is 65.9 cm³/mol. The van der Waals surface area contributed by atoms with Crippen molar-refractivity contribution in [3.8, 4) is 0 Å². The molecule has 0 saturated carbocycles. The largest absolute Gasteiger partial charge is 0.294 e. The summed E-state index contributed by atoms with van der Waals surface area (Å²) >= 11 is 0. The molecular formula is C14H14N2O. The van der Waals surface area contributed by atoms with Crippen molar-refractivity contribution >= 4 is 5.78 Å². The average molecular weight is 226 g/mol. The molecule has 0 aliphatic carbocycles. The predicted octanol–water partition coefficient (Wildman–Crippen LogP) is 2.46. The first kappa shape index (κ1) is 11.5. The van der Waals surface area contributed by atoms with E-state index in [-0.39, 0.29) is 5.78 Å². The monoisotopic (exact) mass is 226 g/mol. The topological polar surface area (TPSA) is 42.9 Å². The van der Waals surface area contributed by atoms with Gasteiger partial charge >= 0.3 is 0 Å². The SMILES string of the molecule is CCc1cnccc1C(=O)Cc1cccnc1. The van der Waals surface area contributed by atoms with Crippen LogP contribution in [0.25, 0.3) is 0 Å². The Hall–Kier alpha value is -2.03. The molecule has 3 nitrogen and oxygen atoms in total. The van der Waals surface area contributed by atoms with Gasteiger partial charge in [-0.3, -0.25) is 14.8 Å². The number of carbonyl (C=O) groups excluding carboxylic acids is 1. The maximum atomic E-state index is 12.1. The molecule has 0 fully saturated rings. The second kappa shape index (κ2) is 5.34. The molecule has 17 heavy (non-hydrogen) atoms. The van der Waals surface area contributed by atoms with Crippen LogP contribution in [0.3, 0.4) is 0 Å². The standard InChI is InChI=1S/C14H14N2O/c1-2-12-10-16-7-5-13(12)14(17)8-11-4-3-6-15-9-11/h3-7,9-10H,2,8H2,1H3. The fourth-order valence-corrected chi connectivity index (χ4v) is 1.76. The lowest BCUT2D eigenvalue weighted by Gasteiger charge is -2.05. The van der Waals surface area contributed by atoms with Gasteiger partial charge < -0.3 is 0 Å². The lowest BCUT2D eigenvalue weighted by Crippen LogP contribution is -2.07. The number of ketones is 1. The van der Waals surface area contributed by atoms with Crippen LogP contribution >= 0.6 is 0 Å². The molecule has 0 bridgehead atoms. The molecule has 0 spiro atoms. The minimum Gasteiger partial charge on any atom is -0.294 e. The Morgan fingerprint density at radius 3 is 2.71 bits per heavy atom. The van der Waals surface area contributed by atoms with Crippen LogP contribution in [-0.2, 0) is 12.8 Å². The highest BCUT2D eigenvalue weighted by molar-refractivity contribution is 5.98. The summed E-state index contributed by atoms with van der Waals surface area (Å²) in [4.78, 5) is 20.2. The number of aromatic nitrogens is 2. The van der Waals surface area contributed by atoms with Crippen molar-refractivity contribution < 1.29 is 4.79 Å². The number of aryl methyl sites for hydroxylation is 1. The van der Waals surface area contributed by atoms with E-state index in [1.807, 2.05) is 19.1 Å². The van der Waals surface area contributed by atoms with E-state index in [1.165, 1.54) is 0 Å². The normalized spacial score (nSPS) is 10.2. The molecule has 2 heterocycles. The van der Waals surface area contributed by atoms with E-state index in [1.54, 1.807) is 30.9 Å². The van der Waals surface area contributed by atoms with Gasteiger partial charge in [-0.15, -0.1) is 0 Å². The molecule has 0 amide bonds. The van der Waals surface area contributed by atoms with Crippen molar-refractivity contribution in [2.75, 3.05) is 0 Å². The van der Waals surface area contributed by atoms with Crippen molar-refractivity contribution in [2.45, 2.75) is 19.8 Å². The molecule has 2 rings (SSSR count). The summed E-state index contributed by atoms with van der Waals surface area (Å²) in [5.41, 5.74) is 2.71. The van der Waals surface area contributed by atoms with E-state index < -0.39 is 0 Å². The van der Waals surface area contributed by atoms with Gasteiger partial charge in [-0.1, -0.05) is 13.0 Å². The summed E-state index contributed by atoms with van der Waals surface area (Å²) in [6, 6.07) is 5.55. The Labute approximate surface area is 101 Å². The molecule has 0 N–H and O–H groups in total. The summed E-state index contributed by atoms with van der Waals surface area (Å²) in [6.07, 6.45) is 8.07. The first-order valence-electron chi connectivity index (χ1n) is 5.66. The molecule has 0 radical (unpaired) electrons. The van der Waals surface area contributed by atoms with Crippen LogP contribution in [0, 0.1) is 0 Å². The summed E-state index contributed by atoms with van der Waals surface area (Å²) < 4.78 is 0. The fourth-order valence-electron chi connectivity index (χ4n) is 1.76. The lowest BCUT2D eigenvalue weighted by molar-refractivity contribution is 0.0992. The molecule has 2 aromatic heterocycles. The highest BCUT2D eigenvalue weighted by Gasteiger charge is 2.10. The van der Waals surface area contributed by atoms with Crippen LogP contribution in [0.2, 0.25) is 0 Å². The van der Waals surface area contributed by atoms with E-state index in [9.17, 15) is 4.79 Å². The summed E-state index contributed by atoms with van der Waals surface area (Å²) in [5, 5.41) is 0. The van der Waals surface area contributed by atoms with Crippen molar-refractivity contribution in [2.24, 2.45) is 0 Å². The zero-order valence-corrected chi connectivity index (χ0v) is 9.76. The summed E-state index contributed by atoms with van der Waals surface area (Å²) in [6.45, 7) is 2.03. The van der Waals surface area contributed by atoms with Gasteiger partial charge in [0.25, 0.3) is 0 Å². The Balaban J connectivity index is 2.20. The molecule has 86 valence electrons. The van der Waals surface area contributed by atoms with Gasteiger partial charge in [0, 0.05) is 36.8 Å². The number of carbonyl (C=O) groups is 1. The second-order valence-electron chi connectivity index (χ2n) is 3.85. The Morgan fingerprint density at radius 1 is 1.18 bits per heavy atom. The molecular weight excluding hydrogens is 212 g/mol. The number of hydrogen-bond donors (Lipinski definition) is 0. The minimum absolute atomic E-state index is 0.122. The molecule has 0 aromatic carbocycles. The van der Waals surface area contributed by atoms with E-state index >= 15 is 0 Å². The third-order valence-electron chi connectivity index (χ3n) is 2.67. The minimum atomic E-state index is 0.122. The molecule has 0 saturated heterocycles. The highest BCUT2D eigenvalue weighted by atomic mass is 16.1. The molecule has 0 aliphatic rings. The van der Waals surface area contributed by atoms with Crippen LogP contribution in [-0.4, -0.2) is 15.8 Å². The van der Waals surface area contributed by atoms with Crippen LogP contribution in [0.1, 0.15) is 28.4 Å². The Morgan fingerprint density at radius 2 is 2.00 bits per heavy atom. The van der Waals surface area contributed by atoms with Gasteiger partial charge in [-0.2, -0.15) is 0 Å². The smallest absolute Gasteiger partial charge is 0.167 e. The number of rotatable bonds is 4. The molecule has 0 unspecified atom stereocenters. The molecule has 0 aliphatic heterocycles. The molecule has 2 aromatic rings. The van der Waals surface area contributed by atoms with E-state index in [4.69, 9.17) is 0 Å². The maximum absolute atomic E-state index is 12.1. The quantitative estimate of drug-likeness (QED) is 0.752. The fraction of sp³-hybridized carbons (Fsp3) is 0.214. The van der Waals surface area contributed by atoms with Gasteiger partial charge in [-0.25, -0.2) is 0 Å². The summed E-state index contributed by atoms with van der Waals surface area (Å²) in [7, 11) is 0. The van der Waals surface area contributed by atoms with Gasteiger partial charge in [0.1, 0.15) is 0 Å². The third-order valence-corrected chi connectivity index (χ3v) is 2.67. The van der Waals surface area contributed by atoms with E-state index in [2.05, 4.69) is 9.97 Å². The average Bonchev–Trinajstić information content (AvgIpc) is 2.40. The zero-order chi connectivity index (χ0) is 12.1. The van der Waals surface area contributed by atoms with Gasteiger partial charge in [-0.05, 0) is 29.7 Å². The number of pyridine rings is 2. The molecule has 3 heteroatoms. The van der Waals surface area contributed by atoms with Crippen molar-refractivity contribution in [1.82, 2.24) is 9.97 Å². The lowest BCUT2D eigenvalue weighted by atomic mass is 10.00. The van der Waals surface area contributed by atoms with Crippen LogP contribution in [0.5, 0.6) is 0 Å². The number of Topliss-reactive ketones (excluding diaryl/α,β-unsaturated/α-hetero) is 1. The van der Waals surface area contributed by atoms with Crippen LogP contribution < -0.4 is 0 Å². The Kier molecular flexibility index (Phi) is 3.60. The van der Waals surface area contributed by atoms with E-state index in [0.717, 1.165) is 23.1 Å². The van der Waals surface area contributed by atoms with Crippen LogP contribution in [0.15, 0.2) is 43.0 Å². The van der Waals surface area contributed by atoms with Crippen molar-refractivity contribution in [3.63, 3.8) is 0 Å². The number of nitrogens with zero attached hydrogens (tertiary/aromatic N) is 2. The zero-order valence-electron chi connectivity index (χ0n) is 9.76. The van der Waals surface area contributed by atoms with Gasteiger partial charge in [0.05, 0.1) is 0 Å². The first-order chi connectivity index (χ1) is 8.31. The van der Waals surface area contributed by atoms with Crippen molar-refractivity contribution in [1.29, 1.82) is 0 Å². The second-order valence-corrected chi connectivity index (χ2v) is 3.85. The third kappa shape index (κ3) is 2.75. The highest BCUT2D eigenvalue weighted by Crippen LogP contribution is 2.11.